The van der Waals surface area contributed by atoms with Crippen LogP contribution in [-0.4, -0.2) is 0 Å². The van der Waals surface area contributed by atoms with Crippen LogP contribution in [0.4, 0.5) is 0 Å². The number of rotatable bonds is 4. The Kier molecular flexibility index (Phi) is 4.96. The van der Waals surface area contributed by atoms with Gasteiger partial charge in [0.15, 0.2) is 0 Å². The van der Waals surface area contributed by atoms with E-state index in [1.165, 1.54) is 56.1 Å². The lowest BCUT2D eigenvalue weighted by Crippen LogP contribution is -2.53. The average Bonchev–Trinajstić information content (AvgIpc) is 2.94. The zero-order chi connectivity index (χ0) is 21.2. The fraction of sp³-hybridized carbons (Fsp3) is 0.655. The second-order valence-corrected chi connectivity index (χ2v) is 11.6. The molecule has 0 saturated heterocycles. The van der Waals surface area contributed by atoms with E-state index >= 15 is 0 Å². The SMILES string of the molecule is C=C1C=CC2(C)C(=C1)CC[C@@H]1C2C(=C)CC2(C)C1CC[C@]2(CC)C(=C)CC(C)C. The van der Waals surface area contributed by atoms with Crippen LogP contribution >= 0.6 is 0 Å². The third kappa shape index (κ3) is 2.77. The third-order valence-corrected chi connectivity index (χ3v) is 9.80. The molecule has 0 nitrogen and oxygen atoms in total. The molecule has 4 aliphatic carbocycles. The van der Waals surface area contributed by atoms with Crippen molar-refractivity contribution in [2.24, 2.45) is 39.9 Å². The van der Waals surface area contributed by atoms with Gasteiger partial charge in [0.2, 0.25) is 0 Å². The lowest BCUT2D eigenvalue weighted by molar-refractivity contribution is -0.0257. The summed E-state index contributed by atoms with van der Waals surface area (Å²) in [6, 6.07) is 0. The zero-order valence-electron chi connectivity index (χ0n) is 19.6. The summed E-state index contributed by atoms with van der Waals surface area (Å²) in [6.45, 7) is 25.9. The largest absolute Gasteiger partial charge is 0.0995 e. The van der Waals surface area contributed by atoms with E-state index in [-0.39, 0.29) is 5.41 Å². The molecule has 0 bridgehead atoms. The van der Waals surface area contributed by atoms with Gasteiger partial charge < -0.3 is 0 Å². The van der Waals surface area contributed by atoms with Crippen LogP contribution in [0.15, 0.2) is 60.3 Å². The van der Waals surface area contributed by atoms with Crippen molar-refractivity contribution in [3.63, 3.8) is 0 Å². The highest BCUT2D eigenvalue weighted by atomic mass is 14.7. The summed E-state index contributed by atoms with van der Waals surface area (Å²) in [4.78, 5) is 0. The van der Waals surface area contributed by atoms with Gasteiger partial charge in [-0.15, -0.1) is 0 Å². The summed E-state index contributed by atoms with van der Waals surface area (Å²) >= 11 is 0. The van der Waals surface area contributed by atoms with Crippen molar-refractivity contribution in [3.8, 4) is 0 Å². The molecule has 0 N–H and O–H groups in total. The van der Waals surface area contributed by atoms with E-state index in [0.29, 0.717) is 22.7 Å². The van der Waals surface area contributed by atoms with Crippen LogP contribution in [0.3, 0.4) is 0 Å². The predicted molar refractivity (Wildman–Crippen MR) is 127 cm³/mol. The van der Waals surface area contributed by atoms with Gasteiger partial charge in [-0.25, -0.2) is 0 Å². The normalized spacial score (nSPS) is 43.7. The number of allylic oxidation sites excluding steroid dienone is 7. The van der Waals surface area contributed by atoms with Crippen LogP contribution in [0.2, 0.25) is 0 Å². The smallest absolute Gasteiger partial charge is 0.0137 e. The van der Waals surface area contributed by atoms with Gasteiger partial charge in [0.25, 0.3) is 0 Å². The summed E-state index contributed by atoms with van der Waals surface area (Å²) in [5.74, 6) is 2.85. The molecule has 6 atom stereocenters. The molecular formula is C29H42. The Labute approximate surface area is 179 Å². The molecular weight excluding hydrogens is 348 g/mol. The third-order valence-electron chi connectivity index (χ3n) is 9.80. The first-order valence-electron chi connectivity index (χ1n) is 12.0. The molecule has 158 valence electrons. The quantitative estimate of drug-likeness (QED) is 0.422. The molecule has 29 heavy (non-hydrogen) atoms. The first-order chi connectivity index (χ1) is 13.6. The average molecular weight is 391 g/mol. The highest BCUT2D eigenvalue weighted by Gasteiger charge is 2.64. The molecule has 0 heterocycles. The molecule has 0 aromatic carbocycles. The molecule has 0 radical (unpaired) electrons. The maximum atomic E-state index is 4.77. The maximum absolute atomic E-state index is 4.77. The molecule has 0 spiro atoms. The Morgan fingerprint density at radius 1 is 1.21 bits per heavy atom. The summed E-state index contributed by atoms with van der Waals surface area (Å²) in [5, 5.41) is 0. The van der Waals surface area contributed by atoms with Gasteiger partial charge >= 0.3 is 0 Å². The molecule has 0 heteroatoms. The summed E-state index contributed by atoms with van der Waals surface area (Å²) in [7, 11) is 0. The van der Waals surface area contributed by atoms with Gasteiger partial charge in [-0.2, -0.15) is 0 Å². The zero-order valence-corrected chi connectivity index (χ0v) is 19.6. The van der Waals surface area contributed by atoms with Crippen molar-refractivity contribution in [3.05, 3.63) is 60.3 Å². The van der Waals surface area contributed by atoms with Gasteiger partial charge in [-0.3, -0.25) is 0 Å². The fourth-order valence-corrected chi connectivity index (χ4v) is 8.58. The van der Waals surface area contributed by atoms with E-state index in [9.17, 15) is 0 Å². The highest BCUT2D eigenvalue weighted by Crippen LogP contribution is 2.73. The second kappa shape index (κ2) is 6.86. The number of hydrogen-bond acceptors (Lipinski definition) is 0. The molecule has 0 amide bonds. The van der Waals surface area contributed by atoms with Crippen molar-refractivity contribution in [1.82, 2.24) is 0 Å². The lowest BCUT2D eigenvalue weighted by Gasteiger charge is -2.60. The van der Waals surface area contributed by atoms with Crippen molar-refractivity contribution in [2.45, 2.75) is 79.6 Å². The minimum Gasteiger partial charge on any atom is -0.0995 e. The first kappa shape index (κ1) is 21.0. The van der Waals surface area contributed by atoms with Crippen LogP contribution in [0, 0.1) is 39.9 Å². The van der Waals surface area contributed by atoms with Crippen molar-refractivity contribution in [1.29, 1.82) is 0 Å². The van der Waals surface area contributed by atoms with Crippen LogP contribution in [-0.2, 0) is 0 Å². The molecule has 3 saturated carbocycles. The van der Waals surface area contributed by atoms with Gasteiger partial charge in [0.1, 0.15) is 0 Å². The molecule has 0 aromatic rings. The summed E-state index contributed by atoms with van der Waals surface area (Å²) < 4.78 is 0. The molecule has 0 aromatic heterocycles. The first-order valence-corrected chi connectivity index (χ1v) is 12.0. The van der Waals surface area contributed by atoms with Crippen LogP contribution in [0.25, 0.3) is 0 Å². The molecule has 4 unspecified atom stereocenters. The van der Waals surface area contributed by atoms with Crippen LogP contribution < -0.4 is 0 Å². The van der Waals surface area contributed by atoms with E-state index in [0.717, 1.165) is 17.4 Å². The second-order valence-electron chi connectivity index (χ2n) is 11.6. The molecule has 4 aliphatic rings. The topological polar surface area (TPSA) is 0 Å². The lowest BCUT2D eigenvalue weighted by atomic mass is 9.43. The monoisotopic (exact) mass is 390 g/mol. The highest BCUT2D eigenvalue weighted by molar-refractivity contribution is 5.46. The number of hydrogen-bond donors (Lipinski definition) is 0. The minimum atomic E-state index is 0.148. The van der Waals surface area contributed by atoms with E-state index in [2.05, 4.69) is 59.4 Å². The van der Waals surface area contributed by atoms with E-state index in [4.69, 9.17) is 13.2 Å². The van der Waals surface area contributed by atoms with E-state index in [1.54, 1.807) is 5.57 Å². The summed E-state index contributed by atoms with van der Waals surface area (Å²) in [6.07, 6.45) is 15.9. The van der Waals surface area contributed by atoms with Crippen molar-refractivity contribution < 1.29 is 0 Å². The standard InChI is InChI=1S/C29H42/c1-9-29(22(6)16-19(2)3)15-13-25-24-11-10-23-17-20(4)12-14-27(23,7)26(24)21(5)18-28(25,29)8/h12,14,17,19,24-26H,4-6,9-11,13,15-16,18H2,1-3,7-8H3/t24-,25?,26?,27?,28?,29+/m0/s1. The Balaban J connectivity index is 1.73. The van der Waals surface area contributed by atoms with Crippen molar-refractivity contribution >= 4 is 0 Å². The van der Waals surface area contributed by atoms with Gasteiger partial charge in [0.05, 0.1) is 0 Å². The molecule has 0 aliphatic heterocycles. The van der Waals surface area contributed by atoms with Crippen molar-refractivity contribution in [2.75, 3.05) is 0 Å². The van der Waals surface area contributed by atoms with E-state index < -0.39 is 0 Å². The number of fused-ring (bicyclic) bond motifs is 5. The maximum Gasteiger partial charge on any atom is 0.0137 e. The minimum absolute atomic E-state index is 0.148. The Morgan fingerprint density at radius 2 is 1.93 bits per heavy atom. The van der Waals surface area contributed by atoms with E-state index in [1.807, 2.05) is 0 Å². The fourth-order valence-electron chi connectivity index (χ4n) is 8.58. The van der Waals surface area contributed by atoms with Gasteiger partial charge in [-0.05, 0) is 85.0 Å². The Morgan fingerprint density at radius 3 is 2.59 bits per heavy atom. The van der Waals surface area contributed by atoms with Crippen LogP contribution in [0.5, 0.6) is 0 Å². The molecule has 3 fully saturated rings. The predicted octanol–water partition coefficient (Wildman–Crippen LogP) is 8.45. The van der Waals surface area contributed by atoms with Gasteiger partial charge in [-0.1, -0.05) is 89.3 Å². The summed E-state index contributed by atoms with van der Waals surface area (Å²) in [5.41, 5.74) is 6.57. The Hall–Kier alpha value is -1.30. The molecule has 4 rings (SSSR count). The van der Waals surface area contributed by atoms with Crippen LogP contribution in [0.1, 0.15) is 79.6 Å². The Bertz CT molecular complexity index is 804. The van der Waals surface area contributed by atoms with Gasteiger partial charge in [0, 0.05) is 5.41 Å².